The Morgan fingerprint density at radius 1 is 1.40 bits per heavy atom. The zero-order chi connectivity index (χ0) is 6.98. The van der Waals surface area contributed by atoms with Crippen LogP contribution in [0.4, 0.5) is 0 Å². The molecule has 0 aromatic carbocycles. The van der Waals surface area contributed by atoms with Gasteiger partial charge in [0.1, 0.15) is 0 Å². The maximum atomic E-state index is 6.37. The van der Waals surface area contributed by atoms with Crippen molar-refractivity contribution in [2.24, 2.45) is 17.3 Å². The molecule has 0 saturated heterocycles. The van der Waals surface area contributed by atoms with Crippen LogP contribution >= 0.6 is 11.6 Å². The van der Waals surface area contributed by atoms with E-state index in [2.05, 4.69) is 12.7 Å². The van der Waals surface area contributed by atoms with Gasteiger partial charge in [-0.1, -0.05) is 12.5 Å². The number of rotatable bonds is 1. The number of allylic oxidation sites excluding steroid dienone is 1. The summed E-state index contributed by atoms with van der Waals surface area (Å²) in [5.41, 5.74) is 0.437. The lowest BCUT2D eigenvalue weighted by molar-refractivity contribution is 0.309. The first-order valence-corrected chi connectivity index (χ1v) is 4.49. The van der Waals surface area contributed by atoms with Gasteiger partial charge in [-0.3, -0.25) is 0 Å². The molecule has 0 aromatic rings. The zero-order valence-electron chi connectivity index (χ0n) is 5.94. The number of hydrogen-bond donors (Lipinski definition) is 0. The van der Waals surface area contributed by atoms with E-state index >= 15 is 0 Å². The lowest BCUT2D eigenvalue weighted by Crippen LogP contribution is -2.18. The van der Waals surface area contributed by atoms with Gasteiger partial charge in [0.05, 0.1) is 4.87 Å². The van der Waals surface area contributed by atoms with Crippen LogP contribution in [0.2, 0.25) is 0 Å². The van der Waals surface area contributed by atoms with E-state index in [-0.39, 0.29) is 4.87 Å². The SMILES string of the molecule is C=CC12C3CCCC1C32Cl. The molecule has 3 aliphatic rings. The standard InChI is InChI=1S/C9H11Cl/c1-2-8-6-4-3-5-7(8)9(6,8)10/h2,6-7H,1,3-5H2. The molecule has 0 radical (unpaired) electrons. The summed E-state index contributed by atoms with van der Waals surface area (Å²) in [6.07, 6.45) is 6.23. The molecule has 0 amide bonds. The van der Waals surface area contributed by atoms with E-state index in [4.69, 9.17) is 11.6 Å². The lowest BCUT2D eigenvalue weighted by Gasteiger charge is -2.24. The van der Waals surface area contributed by atoms with Gasteiger partial charge in [-0.15, -0.1) is 18.2 Å². The second-order valence-corrected chi connectivity index (χ2v) is 4.57. The minimum Gasteiger partial charge on any atom is -0.118 e. The van der Waals surface area contributed by atoms with E-state index in [9.17, 15) is 0 Å². The van der Waals surface area contributed by atoms with Gasteiger partial charge in [0, 0.05) is 5.41 Å². The summed E-state index contributed by atoms with van der Waals surface area (Å²) >= 11 is 6.37. The molecular weight excluding hydrogens is 144 g/mol. The number of hydrogen-bond acceptors (Lipinski definition) is 0. The third-order valence-corrected chi connectivity index (χ3v) is 4.84. The average Bonchev–Trinajstić information content (AvgIpc) is 2.75. The van der Waals surface area contributed by atoms with Crippen LogP contribution in [0.15, 0.2) is 12.7 Å². The molecule has 3 aliphatic carbocycles. The van der Waals surface area contributed by atoms with Crippen molar-refractivity contribution in [2.75, 3.05) is 0 Å². The van der Waals surface area contributed by atoms with Crippen LogP contribution in [0.5, 0.6) is 0 Å². The third-order valence-electron chi connectivity index (χ3n) is 3.99. The highest BCUT2D eigenvalue weighted by Gasteiger charge is 2.96. The fourth-order valence-electron chi connectivity index (χ4n) is 3.43. The highest BCUT2D eigenvalue weighted by Crippen LogP contribution is 2.94. The molecule has 2 unspecified atom stereocenters. The van der Waals surface area contributed by atoms with Crippen molar-refractivity contribution in [2.45, 2.75) is 24.1 Å². The van der Waals surface area contributed by atoms with Crippen molar-refractivity contribution in [3.05, 3.63) is 12.7 Å². The molecule has 3 rings (SSSR count). The molecule has 0 aromatic heterocycles. The Morgan fingerprint density at radius 2 is 2.00 bits per heavy atom. The van der Waals surface area contributed by atoms with Gasteiger partial charge < -0.3 is 0 Å². The van der Waals surface area contributed by atoms with Crippen molar-refractivity contribution < 1.29 is 0 Å². The third kappa shape index (κ3) is 0.274. The topological polar surface area (TPSA) is 0 Å². The number of alkyl halides is 1. The van der Waals surface area contributed by atoms with Crippen LogP contribution < -0.4 is 0 Å². The van der Waals surface area contributed by atoms with E-state index in [1.165, 1.54) is 19.3 Å². The van der Waals surface area contributed by atoms with Crippen LogP contribution in [0.1, 0.15) is 19.3 Å². The van der Waals surface area contributed by atoms with Gasteiger partial charge in [-0.2, -0.15) is 0 Å². The minimum atomic E-state index is 0.229. The van der Waals surface area contributed by atoms with Gasteiger partial charge in [0.2, 0.25) is 0 Å². The Bertz CT molecular complexity index is 207. The highest BCUT2D eigenvalue weighted by molar-refractivity contribution is 6.31. The van der Waals surface area contributed by atoms with Gasteiger partial charge in [-0.05, 0) is 24.7 Å². The summed E-state index contributed by atoms with van der Waals surface area (Å²) in [5.74, 6) is 1.64. The van der Waals surface area contributed by atoms with Crippen LogP contribution in [-0.2, 0) is 0 Å². The van der Waals surface area contributed by atoms with Crippen molar-refractivity contribution in [3.63, 3.8) is 0 Å². The Morgan fingerprint density at radius 3 is 2.30 bits per heavy atom. The molecule has 2 atom stereocenters. The van der Waals surface area contributed by atoms with Crippen molar-refractivity contribution in [1.82, 2.24) is 0 Å². The first-order chi connectivity index (χ1) is 4.78. The quantitative estimate of drug-likeness (QED) is 0.402. The summed E-state index contributed by atoms with van der Waals surface area (Å²) in [5, 5.41) is 0. The average molecular weight is 155 g/mol. The Kier molecular flexibility index (Phi) is 0.678. The number of halogens is 1. The first-order valence-electron chi connectivity index (χ1n) is 4.11. The van der Waals surface area contributed by atoms with Crippen LogP contribution in [0.3, 0.4) is 0 Å². The Balaban J connectivity index is 2.02. The lowest BCUT2D eigenvalue weighted by atomic mass is 9.82. The molecule has 0 spiro atoms. The summed E-state index contributed by atoms with van der Waals surface area (Å²) in [6.45, 7) is 3.88. The molecular formula is C9H11Cl. The first kappa shape index (κ1) is 5.65. The molecule has 10 heavy (non-hydrogen) atoms. The van der Waals surface area contributed by atoms with E-state index in [0.29, 0.717) is 5.41 Å². The zero-order valence-corrected chi connectivity index (χ0v) is 6.69. The molecule has 0 heterocycles. The second kappa shape index (κ2) is 1.20. The smallest absolute Gasteiger partial charge is 0.0617 e. The molecule has 0 aliphatic heterocycles. The number of fused-ring (bicyclic) bond motifs is 2. The molecule has 3 fully saturated rings. The predicted octanol–water partition coefficient (Wildman–Crippen LogP) is 2.58. The molecule has 54 valence electrons. The second-order valence-electron chi connectivity index (χ2n) is 3.94. The van der Waals surface area contributed by atoms with Gasteiger partial charge in [0.15, 0.2) is 0 Å². The Labute approximate surface area is 66.3 Å². The van der Waals surface area contributed by atoms with Crippen LogP contribution in [0, 0.1) is 17.3 Å². The van der Waals surface area contributed by atoms with Gasteiger partial charge in [0.25, 0.3) is 0 Å². The predicted molar refractivity (Wildman–Crippen MR) is 42.0 cm³/mol. The van der Waals surface area contributed by atoms with Gasteiger partial charge in [-0.25, -0.2) is 0 Å². The van der Waals surface area contributed by atoms with Gasteiger partial charge >= 0.3 is 0 Å². The van der Waals surface area contributed by atoms with Crippen molar-refractivity contribution in [1.29, 1.82) is 0 Å². The van der Waals surface area contributed by atoms with E-state index in [1.54, 1.807) is 0 Å². The van der Waals surface area contributed by atoms with Crippen molar-refractivity contribution in [3.8, 4) is 0 Å². The maximum absolute atomic E-state index is 6.37. The normalized spacial score (nSPS) is 68.5. The molecule has 1 heteroatoms. The van der Waals surface area contributed by atoms with E-state index < -0.39 is 0 Å². The fourth-order valence-corrected chi connectivity index (χ4v) is 4.24. The molecule has 0 bridgehead atoms. The molecule has 0 N–H and O–H groups in total. The summed E-state index contributed by atoms with van der Waals surface area (Å²) < 4.78 is 0. The van der Waals surface area contributed by atoms with Crippen LogP contribution in [-0.4, -0.2) is 4.87 Å². The summed E-state index contributed by atoms with van der Waals surface area (Å²) in [4.78, 5) is 0.229. The molecule has 3 saturated carbocycles. The van der Waals surface area contributed by atoms with Crippen LogP contribution in [0.25, 0.3) is 0 Å². The largest absolute Gasteiger partial charge is 0.118 e. The monoisotopic (exact) mass is 154 g/mol. The minimum absolute atomic E-state index is 0.229. The molecule has 0 nitrogen and oxygen atoms in total. The maximum Gasteiger partial charge on any atom is 0.0617 e. The summed E-state index contributed by atoms with van der Waals surface area (Å²) in [6, 6.07) is 0. The Hall–Kier alpha value is 0.0300. The van der Waals surface area contributed by atoms with E-state index in [1.807, 2.05) is 0 Å². The van der Waals surface area contributed by atoms with Crippen molar-refractivity contribution >= 4 is 11.6 Å². The fraction of sp³-hybridized carbons (Fsp3) is 0.778. The summed E-state index contributed by atoms with van der Waals surface area (Å²) in [7, 11) is 0. The van der Waals surface area contributed by atoms with E-state index in [0.717, 1.165) is 11.8 Å². The highest BCUT2D eigenvalue weighted by atomic mass is 35.5.